The number of nitrogens with zero attached hydrogens (tertiary/aromatic N) is 3. The van der Waals surface area contributed by atoms with Gasteiger partial charge in [-0.05, 0) is 42.1 Å². The molecule has 0 spiro atoms. The number of hydrogen-bond acceptors (Lipinski definition) is 6. The zero-order valence-electron chi connectivity index (χ0n) is 14.6. The number of nitriles is 1. The van der Waals surface area contributed by atoms with Crippen LogP contribution in [0, 0.1) is 18.3 Å². The van der Waals surface area contributed by atoms with E-state index in [0.29, 0.717) is 16.4 Å². The molecule has 1 unspecified atom stereocenters. The third-order valence-electron chi connectivity index (χ3n) is 4.33. The number of thiophene rings is 1. The fourth-order valence-corrected chi connectivity index (χ4v) is 6.22. The minimum atomic E-state index is -3.63. The molecule has 6 nitrogen and oxygen atoms in total. The van der Waals surface area contributed by atoms with E-state index < -0.39 is 10.0 Å². The van der Waals surface area contributed by atoms with Crippen LogP contribution in [-0.4, -0.2) is 37.3 Å². The van der Waals surface area contributed by atoms with Gasteiger partial charge in [0, 0.05) is 12.4 Å². The molecular weight excluding hydrogens is 400 g/mol. The lowest BCUT2D eigenvalue weighted by Gasteiger charge is -2.20. The third kappa shape index (κ3) is 3.14. The fraction of sp³-hybridized carbons (Fsp3) is 0.222. The first-order valence-corrected chi connectivity index (χ1v) is 11.4. The number of sulfonamides is 1. The summed E-state index contributed by atoms with van der Waals surface area (Å²) in [6, 6.07) is 11.4. The molecule has 0 radical (unpaired) electrons. The molecule has 0 saturated carbocycles. The molecule has 3 heterocycles. The van der Waals surface area contributed by atoms with Crippen molar-refractivity contribution in [1.29, 1.82) is 5.26 Å². The number of fused-ring (bicyclic) bond motifs is 1. The summed E-state index contributed by atoms with van der Waals surface area (Å²) in [7, 11) is -2.06. The standard InChI is InChI=1S/C18H16N4O2S3/c1-11-6-12-8-14(18-20-10-13(9-19)26-18)21-17(12)15(7-11)22(2)27(23,24)16-4-3-5-25-16/h3-8,13,21H,10H2,1-2H3. The van der Waals surface area contributed by atoms with Gasteiger partial charge in [-0.15, -0.1) is 11.3 Å². The summed E-state index contributed by atoms with van der Waals surface area (Å²) in [6.45, 7) is 2.42. The monoisotopic (exact) mass is 416 g/mol. The van der Waals surface area contributed by atoms with Crippen molar-refractivity contribution in [3.05, 3.63) is 47.0 Å². The third-order valence-corrected chi connectivity index (χ3v) is 8.59. The summed E-state index contributed by atoms with van der Waals surface area (Å²) in [5.41, 5.74) is 3.10. The van der Waals surface area contributed by atoms with Crippen LogP contribution >= 0.6 is 23.1 Å². The van der Waals surface area contributed by atoms with E-state index >= 15 is 0 Å². The van der Waals surface area contributed by atoms with E-state index in [1.165, 1.54) is 27.4 Å². The molecule has 3 aromatic rings. The Morgan fingerprint density at radius 1 is 1.37 bits per heavy atom. The number of hydrogen-bond donors (Lipinski definition) is 1. The van der Waals surface area contributed by atoms with Gasteiger partial charge in [-0.2, -0.15) is 5.26 Å². The average Bonchev–Trinajstić information content (AvgIpc) is 3.38. The normalized spacial score (nSPS) is 17.1. The molecule has 4 rings (SSSR count). The van der Waals surface area contributed by atoms with Crippen molar-refractivity contribution in [1.82, 2.24) is 4.98 Å². The molecule has 0 aliphatic carbocycles. The molecule has 138 valence electrons. The molecule has 0 amide bonds. The minimum absolute atomic E-state index is 0.172. The maximum atomic E-state index is 13.0. The highest BCUT2D eigenvalue weighted by Gasteiger charge is 2.26. The summed E-state index contributed by atoms with van der Waals surface area (Å²) in [5, 5.41) is 12.4. The van der Waals surface area contributed by atoms with Gasteiger partial charge in [-0.3, -0.25) is 9.30 Å². The van der Waals surface area contributed by atoms with Crippen molar-refractivity contribution in [3.63, 3.8) is 0 Å². The molecule has 0 bridgehead atoms. The van der Waals surface area contributed by atoms with E-state index in [2.05, 4.69) is 16.0 Å². The van der Waals surface area contributed by atoms with Gasteiger partial charge in [-0.25, -0.2) is 8.42 Å². The Hall–Kier alpha value is -2.28. The van der Waals surface area contributed by atoms with Crippen LogP contribution in [0.25, 0.3) is 10.9 Å². The van der Waals surface area contributed by atoms with Crippen LogP contribution in [0.4, 0.5) is 5.69 Å². The molecule has 1 aliphatic rings. The average molecular weight is 417 g/mol. The highest BCUT2D eigenvalue weighted by atomic mass is 32.2. The Kier molecular flexibility index (Phi) is 4.50. The number of aliphatic imine (C=N–C) groups is 1. The first-order chi connectivity index (χ1) is 12.9. The summed E-state index contributed by atoms with van der Waals surface area (Å²) in [5.74, 6) is 0. The van der Waals surface area contributed by atoms with Crippen LogP contribution in [0.5, 0.6) is 0 Å². The molecule has 1 N–H and O–H groups in total. The van der Waals surface area contributed by atoms with E-state index in [9.17, 15) is 8.42 Å². The van der Waals surface area contributed by atoms with E-state index in [4.69, 9.17) is 5.26 Å². The summed E-state index contributed by atoms with van der Waals surface area (Å²) in [6.07, 6.45) is 0. The van der Waals surface area contributed by atoms with Gasteiger partial charge in [0.2, 0.25) is 0 Å². The Morgan fingerprint density at radius 3 is 2.85 bits per heavy atom. The molecule has 1 atom stereocenters. The Morgan fingerprint density at radius 2 is 2.19 bits per heavy atom. The van der Waals surface area contributed by atoms with Gasteiger partial charge >= 0.3 is 0 Å². The second-order valence-electron chi connectivity index (χ2n) is 6.22. The number of benzene rings is 1. The van der Waals surface area contributed by atoms with Crippen LogP contribution in [0.2, 0.25) is 0 Å². The first-order valence-electron chi connectivity index (χ1n) is 8.17. The van der Waals surface area contributed by atoms with Gasteiger partial charge in [0.05, 0.1) is 29.5 Å². The smallest absolute Gasteiger partial charge is 0.273 e. The molecule has 27 heavy (non-hydrogen) atoms. The lowest BCUT2D eigenvalue weighted by atomic mass is 10.1. The maximum absolute atomic E-state index is 13.0. The zero-order valence-corrected chi connectivity index (χ0v) is 17.1. The molecule has 0 fully saturated rings. The van der Waals surface area contributed by atoms with Crippen LogP contribution in [-0.2, 0) is 10.0 Å². The number of aryl methyl sites for hydroxylation is 1. The molecule has 9 heteroatoms. The topological polar surface area (TPSA) is 89.3 Å². The molecule has 2 aromatic heterocycles. The van der Waals surface area contributed by atoms with Crippen LogP contribution < -0.4 is 4.31 Å². The van der Waals surface area contributed by atoms with Gasteiger partial charge in [0.25, 0.3) is 10.0 Å². The van der Waals surface area contributed by atoms with E-state index in [1.807, 2.05) is 25.1 Å². The van der Waals surface area contributed by atoms with Crippen molar-refractivity contribution in [2.75, 3.05) is 17.9 Å². The van der Waals surface area contributed by atoms with Gasteiger partial charge < -0.3 is 4.98 Å². The minimum Gasteiger partial charge on any atom is -0.351 e. The van der Waals surface area contributed by atoms with Crippen LogP contribution in [0.3, 0.4) is 0 Å². The van der Waals surface area contributed by atoms with Crippen LogP contribution in [0.1, 0.15) is 11.3 Å². The van der Waals surface area contributed by atoms with E-state index in [-0.39, 0.29) is 5.25 Å². The Labute approximate surface area is 165 Å². The van der Waals surface area contributed by atoms with Crippen molar-refractivity contribution < 1.29 is 8.42 Å². The number of thioether (sulfide) groups is 1. The summed E-state index contributed by atoms with van der Waals surface area (Å²) in [4.78, 5) is 7.75. The lowest BCUT2D eigenvalue weighted by Crippen LogP contribution is -2.26. The predicted molar refractivity (Wildman–Crippen MR) is 111 cm³/mol. The molecule has 0 saturated heterocycles. The summed E-state index contributed by atoms with van der Waals surface area (Å²) < 4.78 is 27.5. The largest absolute Gasteiger partial charge is 0.351 e. The number of aromatic amines is 1. The SMILES string of the molecule is Cc1cc(N(C)S(=O)(=O)c2cccs2)c2[nH]c(C3=NCC(C#N)S3)cc2c1. The van der Waals surface area contributed by atoms with Crippen molar-refractivity contribution in [2.45, 2.75) is 16.4 Å². The number of rotatable bonds is 4. The van der Waals surface area contributed by atoms with Crippen molar-refractivity contribution in [2.24, 2.45) is 4.99 Å². The molecular formula is C18H16N4O2S3. The van der Waals surface area contributed by atoms with E-state index in [0.717, 1.165) is 27.2 Å². The van der Waals surface area contributed by atoms with Gasteiger partial charge in [0.1, 0.15) is 14.5 Å². The first kappa shape index (κ1) is 18.1. The second-order valence-corrected chi connectivity index (χ2v) is 10.6. The maximum Gasteiger partial charge on any atom is 0.273 e. The fourth-order valence-electron chi connectivity index (χ4n) is 3.00. The van der Waals surface area contributed by atoms with Gasteiger partial charge in [-0.1, -0.05) is 17.8 Å². The summed E-state index contributed by atoms with van der Waals surface area (Å²) >= 11 is 2.63. The second kappa shape index (κ2) is 6.71. The Bertz CT molecular complexity index is 1190. The van der Waals surface area contributed by atoms with Crippen LogP contribution in [0.15, 0.2) is 44.9 Å². The number of aromatic nitrogens is 1. The van der Waals surface area contributed by atoms with Gasteiger partial charge in [0.15, 0.2) is 0 Å². The predicted octanol–water partition coefficient (Wildman–Crippen LogP) is 3.75. The van der Waals surface area contributed by atoms with E-state index in [1.54, 1.807) is 24.6 Å². The zero-order chi connectivity index (χ0) is 19.2. The van der Waals surface area contributed by atoms with Crippen molar-refractivity contribution >= 4 is 54.8 Å². The Balaban J connectivity index is 1.81. The molecule has 1 aliphatic heterocycles. The number of nitrogens with one attached hydrogen (secondary N) is 1. The number of anilines is 1. The number of H-pyrrole nitrogens is 1. The van der Waals surface area contributed by atoms with Crippen molar-refractivity contribution in [3.8, 4) is 6.07 Å². The molecule has 1 aromatic carbocycles. The highest BCUT2D eigenvalue weighted by Crippen LogP contribution is 2.34. The quantitative estimate of drug-likeness (QED) is 0.701. The highest BCUT2D eigenvalue weighted by molar-refractivity contribution is 8.15. The lowest BCUT2D eigenvalue weighted by molar-refractivity contribution is 0.596.